The van der Waals surface area contributed by atoms with Crippen molar-refractivity contribution < 1.29 is 9.53 Å². The standard InChI is InChI=1S/C20H18O2/c1-12(2)22-19-11-17-15(9-10-18(17)21)16-8-7-13-5-3-4-6-14(13)20(16)19/h3-8,11-12H,9-10H2,1-2H3. The molecule has 2 nitrogen and oxygen atoms in total. The average molecular weight is 290 g/mol. The van der Waals surface area contributed by atoms with Crippen LogP contribution in [0.3, 0.4) is 0 Å². The van der Waals surface area contributed by atoms with E-state index >= 15 is 0 Å². The van der Waals surface area contributed by atoms with Crippen LogP contribution in [0.1, 0.15) is 36.2 Å². The van der Waals surface area contributed by atoms with Gasteiger partial charge in [-0.3, -0.25) is 4.79 Å². The number of ketones is 1. The van der Waals surface area contributed by atoms with Gasteiger partial charge in [0.25, 0.3) is 0 Å². The first kappa shape index (κ1) is 13.3. The quantitative estimate of drug-likeness (QED) is 0.627. The van der Waals surface area contributed by atoms with Gasteiger partial charge < -0.3 is 4.74 Å². The zero-order valence-corrected chi connectivity index (χ0v) is 12.8. The number of aryl methyl sites for hydroxylation is 1. The summed E-state index contributed by atoms with van der Waals surface area (Å²) in [5, 5.41) is 4.70. The third kappa shape index (κ3) is 1.91. The highest BCUT2D eigenvalue weighted by molar-refractivity contribution is 6.15. The minimum absolute atomic E-state index is 0.0803. The molecule has 2 heteroatoms. The first-order valence-electron chi connectivity index (χ1n) is 7.82. The van der Waals surface area contributed by atoms with Crippen molar-refractivity contribution in [3.63, 3.8) is 0 Å². The number of benzene rings is 3. The summed E-state index contributed by atoms with van der Waals surface area (Å²) in [6.45, 7) is 4.04. The van der Waals surface area contributed by atoms with Crippen molar-refractivity contribution in [2.24, 2.45) is 0 Å². The third-order valence-electron chi connectivity index (χ3n) is 4.37. The zero-order valence-electron chi connectivity index (χ0n) is 12.8. The lowest BCUT2D eigenvalue weighted by atomic mass is 9.95. The van der Waals surface area contributed by atoms with Crippen molar-refractivity contribution in [2.75, 3.05) is 0 Å². The van der Waals surface area contributed by atoms with E-state index in [1.165, 1.54) is 16.3 Å². The van der Waals surface area contributed by atoms with Crippen molar-refractivity contribution in [1.29, 1.82) is 0 Å². The summed E-state index contributed by atoms with van der Waals surface area (Å²) in [6.07, 6.45) is 1.53. The minimum Gasteiger partial charge on any atom is -0.490 e. The number of carbonyl (C=O) groups is 1. The molecule has 0 saturated carbocycles. The predicted octanol–water partition coefficient (Wildman–Crippen LogP) is 4.91. The Morgan fingerprint density at radius 1 is 1.00 bits per heavy atom. The maximum absolute atomic E-state index is 12.2. The third-order valence-corrected chi connectivity index (χ3v) is 4.37. The summed E-state index contributed by atoms with van der Waals surface area (Å²) < 4.78 is 6.06. The monoisotopic (exact) mass is 290 g/mol. The smallest absolute Gasteiger partial charge is 0.163 e. The van der Waals surface area contributed by atoms with Crippen LogP contribution in [0.4, 0.5) is 0 Å². The van der Waals surface area contributed by atoms with Crippen LogP contribution in [-0.2, 0) is 6.42 Å². The van der Waals surface area contributed by atoms with E-state index in [-0.39, 0.29) is 11.9 Å². The average Bonchev–Trinajstić information content (AvgIpc) is 2.88. The predicted molar refractivity (Wildman–Crippen MR) is 89.9 cm³/mol. The SMILES string of the molecule is CC(C)Oc1cc2c(c3ccc4ccccc4c13)CCC2=O. The molecule has 0 atom stereocenters. The van der Waals surface area contributed by atoms with E-state index in [9.17, 15) is 4.79 Å². The van der Waals surface area contributed by atoms with Crippen molar-refractivity contribution in [3.05, 3.63) is 53.6 Å². The lowest BCUT2D eigenvalue weighted by Gasteiger charge is -2.16. The highest BCUT2D eigenvalue weighted by Crippen LogP contribution is 2.40. The number of Topliss-reactive ketones (excluding diaryl/α,β-unsaturated/α-hetero) is 1. The summed E-state index contributed by atoms with van der Waals surface area (Å²) in [6, 6.07) is 14.6. The van der Waals surface area contributed by atoms with Gasteiger partial charge >= 0.3 is 0 Å². The van der Waals surface area contributed by atoms with Gasteiger partial charge in [-0.2, -0.15) is 0 Å². The Balaban J connectivity index is 2.16. The van der Waals surface area contributed by atoms with Gasteiger partial charge in [-0.25, -0.2) is 0 Å². The van der Waals surface area contributed by atoms with Gasteiger partial charge in [-0.15, -0.1) is 0 Å². The van der Waals surface area contributed by atoms with Gasteiger partial charge in [0, 0.05) is 17.4 Å². The fourth-order valence-electron chi connectivity index (χ4n) is 3.46. The van der Waals surface area contributed by atoms with Gasteiger partial charge in [0.05, 0.1) is 6.10 Å². The largest absolute Gasteiger partial charge is 0.490 e. The molecule has 1 aliphatic rings. The van der Waals surface area contributed by atoms with Crippen LogP contribution in [-0.4, -0.2) is 11.9 Å². The van der Waals surface area contributed by atoms with Crippen molar-refractivity contribution in [2.45, 2.75) is 32.8 Å². The van der Waals surface area contributed by atoms with Crippen molar-refractivity contribution in [1.82, 2.24) is 0 Å². The first-order valence-corrected chi connectivity index (χ1v) is 7.82. The molecule has 0 unspecified atom stereocenters. The van der Waals surface area contributed by atoms with E-state index in [1.807, 2.05) is 26.0 Å². The molecular weight excluding hydrogens is 272 g/mol. The van der Waals surface area contributed by atoms with Gasteiger partial charge in [0.15, 0.2) is 5.78 Å². The number of rotatable bonds is 2. The van der Waals surface area contributed by atoms with Crippen LogP contribution in [0, 0.1) is 0 Å². The van der Waals surface area contributed by atoms with E-state index in [0.717, 1.165) is 28.5 Å². The molecule has 4 rings (SSSR count). The Kier molecular flexibility index (Phi) is 2.93. The topological polar surface area (TPSA) is 26.3 Å². The van der Waals surface area contributed by atoms with Crippen LogP contribution >= 0.6 is 0 Å². The van der Waals surface area contributed by atoms with Crippen LogP contribution in [0.25, 0.3) is 21.5 Å². The van der Waals surface area contributed by atoms with Crippen molar-refractivity contribution in [3.8, 4) is 5.75 Å². The Morgan fingerprint density at radius 2 is 1.82 bits per heavy atom. The van der Waals surface area contributed by atoms with Gasteiger partial charge in [-0.05, 0) is 48.1 Å². The van der Waals surface area contributed by atoms with Gasteiger partial charge in [0.2, 0.25) is 0 Å². The van der Waals surface area contributed by atoms with Crippen LogP contribution in [0.5, 0.6) is 5.75 Å². The first-order chi connectivity index (χ1) is 10.6. The fraction of sp³-hybridized carbons (Fsp3) is 0.250. The molecule has 0 spiro atoms. The maximum atomic E-state index is 12.2. The molecule has 22 heavy (non-hydrogen) atoms. The summed E-state index contributed by atoms with van der Waals surface area (Å²) in [5.74, 6) is 1.06. The molecule has 3 aromatic rings. The molecule has 0 bridgehead atoms. The molecule has 1 aliphatic carbocycles. The molecule has 0 fully saturated rings. The molecule has 0 saturated heterocycles. The molecule has 3 aromatic carbocycles. The Hall–Kier alpha value is -2.35. The summed E-state index contributed by atoms with van der Waals surface area (Å²) in [4.78, 5) is 12.2. The Morgan fingerprint density at radius 3 is 2.64 bits per heavy atom. The number of hydrogen-bond acceptors (Lipinski definition) is 2. The van der Waals surface area contributed by atoms with Gasteiger partial charge in [0.1, 0.15) is 5.75 Å². The Bertz CT molecular complexity index is 906. The zero-order chi connectivity index (χ0) is 15.3. The molecule has 0 heterocycles. The number of ether oxygens (including phenoxy) is 1. The maximum Gasteiger partial charge on any atom is 0.163 e. The Labute approximate surface area is 129 Å². The summed E-state index contributed by atoms with van der Waals surface area (Å²) >= 11 is 0. The fourth-order valence-corrected chi connectivity index (χ4v) is 3.46. The van der Waals surface area contributed by atoms with E-state index < -0.39 is 0 Å². The van der Waals surface area contributed by atoms with Crippen LogP contribution in [0.15, 0.2) is 42.5 Å². The molecule has 0 radical (unpaired) electrons. The number of hydrogen-bond donors (Lipinski definition) is 0. The highest BCUT2D eigenvalue weighted by atomic mass is 16.5. The highest BCUT2D eigenvalue weighted by Gasteiger charge is 2.24. The lowest BCUT2D eigenvalue weighted by Crippen LogP contribution is -2.07. The molecular formula is C20H18O2. The number of carbonyl (C=O) groups excluding carboxylic acids is 1. The van der Waals surface area contributed by atoms with E-state index in [0.29, 0.717) is 6.42 Å². The molecule has 0 aliphatic heterocycles. The van der Waals surface area contributed by atoms with Crippen LogP contribution < -0.4 is 4.74 Å². The summed E-state index contributed by atoms with van der Waals surface area (Å²) in [7, 11) is 0. The van der Waals surface area contributed by atoms with Crippen molar-refractivity contribution >= 4 is 27.3 Å². The normalized spacial score (nSPS) is 14.0. The minimum atomic E-state index is 0.0803. The van der Waals surface area contributed by atoms with Crippen LogP contribution in [0.2, 0.25) is 0 Å². The van der Waals surface area contributed by atoms with Gasteiger partial charge in [-0.1, -0.05) is 36.4 Å². The molecule has 0 aromatic heterocycles. The number of fused-ring (bicyclic) bond motifs is 5. The second kappa shape index (κ2) is 4.84. The molecule has 0 amide bonds. The van der Waals surface area contributed by atoms with E-state index in [4.69, 9.17) is 4.74 Å². The van der Waals surface area contributed by atoms with E-state index in [1.54, 1.807) is 0 Å². The second-order valence-electron chi connectivity index (χ2n) is 6.20. The second-order valence-corrected chi connectivity index (χ2v) is 6.20. The molecule has 110 valence electrons. The van der Waals surface area contributed by atoms with E-state index in [2.05, 4.69) is 30.3 Å². The molecule has 0 N–H and O–H groups in total. The summed E-state index contributed by atoms with van der Waals surface area (Å²) in [5.41, 5.74) is 2.03. The lowest BCUT2D eigenvalue weighted by molar-refractivity contribution is 0.0994.